The fraction of sp³-hybridized carbons (Fsp3) is 1.00. The van der Waals surface area contributed by atoms with E-state index in [0.29, 0.717) is 11.6 Å². The fourth-order valence-electron chi connectivity index (χ4n) is 1.48. The second kappa shape index (κ2) is 2.76. The van der Waals surface area contributed by atoms with Crippen molar-refractivity contribution in [1.29, 1.82) is 0 Å². The van der Waals surface area contributed by atoms with Crippen LogP contribution in [0, 0.1) is 0 Å². The summed E-state index contributed by atoms with van der Waals surface area (Å²) in [5, 5.41) is 0. The van der Waals surface area contributed by atoms with E-state index in [1.807, 2.05) is 0 Å². The summed E-state index contributed by atoms with van der Waals surface area (Å²) >= 11 is 0. The van der Waals surface area contributed by atoms with E-state index in [9.17, 15) is 0 Å². The third kappa shape index (κ3) is 1.57. The molecule has 0 aromatic rings. The third-order valence-corrected chi connectivity index (χ3v) is 2.90. The summed E-state index contributed by atoms with van der Waals surface area (Å²) in [5.74, 6) is 0. The Labute approximate surface area is 70.2 Å². The minimum absolute atomic E-state index is 0.435. The predicted molar refractivity (Wildman–Crippen MR) is 48.8 cm³/mol. The molecule has 1 heterocycles. The highest BCUT2D eigenvalue weighted by atomic mass is 15.3. The maximum Gasteiger partial charge on any atom is 0.0429 e. The van der Waals surface area contributed by atoms with Crippen molar-refractivity contribution in [2.75, 3.05) is 27.2 Å². The van der Waals surface area contributed by atoms with E-state index in [1.165, 1.54) is 13.1 Å². The van der Waals surface area contributed by atoms with Crippen molar-refractivity contribution in [2.45, 2.75) is 32.4 Å². The molecule has 0 unspecified atom stereocenters. The zero-order valence-corrected chi connectivity index (χ0v) is 8.39. The van der Waals surface area contributed by atoms with Crippen molar-refractivity contribution in [2.24, 2.45) is 0 Å². The molecule has 1 rings (SSSR count). The Morgan fingerprint density at radius 3 is 2.00 bits per heavy atom. The second-order valence-electron chi connectivity index (χ2n) is 4.39. The summed E-state index contributed by atoms with van der Waals surface area (Å²) in [7, 11) is 4.33. The number of nitrogens with zero attached hydrogens (tertiary/aromatic N) is 2. The van der Waals surface area contributed by atoms with Crippen LogP contribution in [0.2, 0.25) is 0 Å². The monoisotopic (exact) mass is 156 g/mol. The van der Waals surface area contributed by atoms with Crippen LogP contribution in [0.5, 0.6) is 0 Å². The highest BCUT2D eigenvalue weighted by Crippen LogP contribution is 2.26. The summed E-state index contributed by atoms with van der Waals surface area (Å²) in [6.07, 6.45) is 0. The van der Waals surface area contributed by atoms with Gasteiger partial charge >= 0.3 is 0 Å². The van der Waals surface area contributed by atoms with E-state index in [4.69, 9.17) is 0 Å². The van der Waals surface area contributed by atoms with E-state index < -0.39 is 0 Å². The molecule has 0 amide bonds. The first kappa shape index (κ1) is 9.01. The molecule has 0 N–H and O–H groups in total. The average Bonchev–Trinajstić information content (AvgIpc) is 1.79. The molecule has 11 heavy (non-hydrogen) atoms. The zero-order chi connectivity index (χ0) is 8.65. The van der Waals surface area contributed by atoms with E-state index in [1.54, 1.807) is 0 Å². The van der Waals surface area contributed by atoms with Crippen LogP contribution >= 0.6 is 0 Å². The van der Waals surface area contributed by atoms with Crippen molar-refractivity contribution in [1.82, 2.24) is 9.80 Å². The molecule has 0 bridgehead atoms. The Balaban J connectivity index is 2.38. The molecule has 0 saturated carbocycles. The summed E-state index contributed by atoms with van der Waals surface area (Å²) in [6, 6.07) is 0.711. The fourth-order valence-corrected chi connectivity index (χ4v) is 1.48. The van der Waals surface area contributed by atoms with Crippen molar-refractivity contribution in [3.05, 3.63) is 0 Å². The molecule has 0 aromatic carbocycles. The molecular formula is C9H20N2. The largest absolute Gasteiger partial charge is 0.301 e. The minimum Gasteiger partial charge on any atom is -0.301 e. The van der Waals surface area contributed by atoms with Gasteiger partial charge in [0.25, 0.3) is 0 Å². The second-order valence-corrected chi connectivity index (χ2v) is 4.39. The Kier molecular flexibility index (Phi) is 2.26. The van der Waals surface area contributed by atoms with Crippen molar-refractivity contribution in [3.8, 4) is 0 Å². The first-order chi connectivity index (χ1) is 4.96. The van der Waals surface area contributed by atoms with Crippen LogP contribution in [0.25, 0.3) is 0 Å². The van der Waals surface area contributed by atoms with Crippen LogP contribution in [0.3, 0.4) is 0 Å². The van der Waals surface area contributed by atoms with Crippen molar-refractivity contribution in [3.63, 3.8) is 0 Å². The lowest BCUT2D eigenvalue weighted by molar-refractivity contribution is -0.0337. The molecular weight excluding hydrogens is 136 g/mol. The maximum atomic E-state index is 2.50. The van der Waals surface area contributed by atoms with Gasteiger partial charge in [-0.15, -0.1) is 0 Å². The highest BCUT2D eigenvalue weighted by Gasteiger charge is 2.41. The van der Waals surface area contributed by atoms with E-state index >= 15 is 0 Å². The van der Waals surface area contributed by atoms with Gasteiger partial charge in [0.2, 0.25) is 0 Å². The lowest BCUT2D eigenvalue weighted by atomic mass is 9.89. The lowest BCUT2D eigenvalue weighted by Gasteiger charge is -2.53. The molecule has 1 fully saturated rings. The number of hydrogen-bond acceptors (Lipinski definition) is 2. The molecule has 0 radical (unpaired) electrons. The molecule has 0 aliphatic carbocycles. The van der Waals surface area contributed by atoms with Gasteiger partial charge in [0.1, 0.15) is 0 Å². The average molecular weight is 156 g/mol. The summed E-state index contributed by atoms with van der Waals surface area (Å²) < 4.78 is 0. The van der Waals surface area contributed by atoms with E-state index in [0.717, 1.165) is 0 Å². The number of likely N-dealkylation sites (N-methyl/N-ethyl adjacent to an activating group) is 1. The van der Waals surface area contributed by atoms with Gasteiger partial charge in [-0.2, -0.15) is 0 Å². The third-order valence-electron chi connectivity index (χ3n) is 2.90. The summed E-state index contributed by atoms with van der Waals surface area (Å²) in [6.45, 7) is 9.28. The Morgan fingerprint density at radius 1 is 1.27 bits per heavy atom. The molecule has 66 valence electrons. The van der Waals surface area contributed by atoms with Crippen LogP contribution < -0.4 is 0 Å². The van der Waals surface area contributed by atoms with Gasteiger partial charge in [-0.05, 0) is 34.9 Å². The molecule has 1 saturated heterocycles. The van der Waals surface area contributed by atoms with Gasteiger partial charge in [-0.3, -0.25) is 4.90 Å². The van der Waals surface area contributed by atoms with Crippen LogP contribution in [0.1, 0.15) is 20.8 Å². The Bertz CT molecular complexity index is 134. The Morgan fingerprint density at radius 2 is 1.73 bits per heavy atom. The van der Waals surface area contributed by atoms with Gasteiger partial charge in [-0.1, -0.05) is 0 Å². The van der Waals surface area contributed by atoms with Gasteiger partial charge in [0.15, 0.2) is 0 Å². The molecule has 0 atom stereocenters. The highest BCUT2D eigenvalue weighted by molar-refractivity contribution is 4.99. The topological polar surface area (TPSA) is 6.48 Å². The SMILES string of the molecule is CC(C)N1CC(C)(N(C)C)C1. The maximum absolute atomic E-state index is 2.50. The van der Waals surface area contributed by atoms with Crippen molar-refractivity contribution < 1.29 is 0 Å². The molecule has 0 aromatic heterocycles. The molecule has 2 heteroatoms. The standard InChI is InChI=1S/C9H20N2/c1-8(2)11-6-9(3,7-11)10(4)5/h8H,6-7H2,1-5H3. The van der Waals surface area contributed by atoms with Gasteiger partial charge in [0.05, 0.1) is 0 Å². The van der Waals surface area contributed by atoms with Gasteiger partial charge in [0, 0.05) is 24.7 Å². The van der Waals surface area contributed by atoms with Gasteiger partial charge in [-0.25, -0.2) is 0 Å². The predicted octanol–water partition coefficient (Wildman–Crippen LogP) is 1.03. The molecule has 2 nitrogen and oxygen atoms in total. The minimum atomic E-state index is 0.435. The summed E-state index contributed by atoms with van der Waals surface area (Å²) in [5.41, 5.74) is 0.435. The Hall–Kier alpha value is -0.0800. The normalized spacial score (nSPS) is 24.3. The zero-order valence-electron chi connectivity index (χ0n) is 8.39. The summed E-state index contributed by atoms with van der Waals surface area (Å²) in [4.78, 5) is 4.83. The number of hydrogen-bond donors (Lipinski definition) is 0. The van der Waals surface area contributed by atoms with Crippen LogP contribution in [-0.4, -0.2) is 48.6 Å². The molecule has 1 aliphatic rings. The van der Waals surface area contributed by atoms with Crippen LogP contribution in [0.4, 0.5) is 0 Å². The van der Waals surface area contributed by atoms with E-state index in [2.05, 4.69) is 44.7 Å². The first-order valence-electron chi connectivity index (χ1n) is 4.37. The number of likely N-dealkylation sites (tertiary alicyclic amines) is 1. The van der Waals surface area contributed by atoms with E-state index in [-0.39, 0.29) is 0 Å². The molecule has 0 spiro atoms. The smallest absolute Gasteiger partial charge is 0.0429 e. The van der Waals surface area contributed by atoms with Gasteiger partial charge < -0.3 is 4.90 Å². The molecule has 1 aliphatic heterocycles. The van der Waals surface area contributed by atoms with Crippen LogP contribution in [0.15, 0.2) is 0 Å². The quantitative estimate of drug-likeness (QED) is 0.589. The number of rotatable bonds is 2. The van der Waals surface area contributed by atoms with Crippen LogP contribution in [-0.2, 0) is 0 Å². The lowest BCUT2D eigenvalue weighted by Crippen LogP contribution is -2.68. The first-order valence-corrected chi connectivity index (χ1v) is 4.37. The van der Waals surface area contributed by atoms with Crippen molar-refractivity contribution >= 4 is 0 Å².